The predicted octanol–water partition coefficient (Wildman–Crippen LogP) is 2.35. The van der Waals surface area contributed by atoms with Crippen LogP contribution in [0.2, 0.25) is 5.15 Å². The van der Waals surface area contributed by atoms with Gasteiger partial charge in [-0.25, -0.2) is 15.0 Å². The van der Waals surface area contributed by atoms with Crippen LogP contribution < -0.4 is 5.32 Å². The van der Waals surface area contributed by atoms with E-state index in [9.17, 15) is 0 Å². The van der Waals surface area contributed by atoms with Crippen LogP contribution in [0.5, 0.6) is 0 Å². The predicted molar refractivity (Wildman–Crippen MR) is 69.6 cm³/mol. The zero-order chi connectivity index (χ0) is 12.5. The zero-order valence-electron chi connectivity index (χ0n) is 10.1. The van der Waals surface area contributed by atoms with Gasteiger partial charge in [0.05, 0.1) is 6.54 Å². The molecule has 18 heavy (non-hydrogen) atoms. The minimum atomic E-state index is 0.495. The van der Waals surface area contributed by atoms with Gasteiger partial charge in [0.1, 0.15) is 22.6 Å². The molecule has 0 aromatic carbocycles. The Morgan fingerprint density at radius 2 is 2.28 bits per heavy atom. The summed E-state index contributed by atoms with van der Waals surface area (Å²) in [7, 11) is 1.96. The van der Waals surface area contributed by atoms with Crippen molar-refractivity contribution in [2.24, 2.45) is 7.05 Å². The Morgan fingerprint density at radius 3 is 2.94 bits per heavy atom. The molecule has 1 aliphatic carbocycles. The standard InChI is InChI=1S/C12H14ClN5/c1-18-5-4-14-11(18)7-15-10-6-9(13)16-12(17-10)8-2-3-8/h4-6,8H,2-3,7H2,1H3,(H,15,16,17). The van der Waals surface area contributed by atoms with Gasteiger partial charge in [0.15, 0.2) is 0 Å². The lowest BCUT2D eigenvalue weighted by atomic mass is 10.4. The SMILES string of the molecule is Cn1ccnc1CNc1cc(Cl)nc(C2CC2)n1. The van der Waals surface area contributed by atoms with E-state index in [2.05, 4.69) is 20.3 Å². The van der Waals surface area contributed by atoms with Crippen molar-refractivity contribution in [3.05, 3.63) is 35.3 Å². The molecule has 2 aromatic heterocycles. The van der Waals surface area contributed by atoms with E-state index < -0.39 is 0 Å². The van der Waals surface area contributed by atoms with Gasteiger partial charge in [-0.3, -0.25) is 0 Å². The Balaban J connectivity index is 1.74. The van der Waals surface area contributed by atoms with Crippen LogP contribution in [0.15, 0.2) is 18.5 Å². The highest BCUT2D eigenvalue weighted by Crippen LogP contribution is 2.38. The minimum Gasteiger partial charge on any atom is -0.363 e. The largest absolute Gasteiger partial charge is 0.363 e. The van der Waals surface area contributed by atoms with E-state index >= 15 is 0 Å². The second kappa shape index (κ2) is 4.57. The molecule has 0 saturated heterocycles. The van der Waals surface area contributed by atoms with E-state index in [0.717, 1.165) is 17.5 Å². The van der Waals surface area contributed by atoms with Gasteiger partial charge in [-0.1, -0.05) is 11.6 Å². The first kappa shape index (κ1) is 11.5. The Morgan fingerprint density at radius 1 is 1.44 bits per heavy atom. The molecule has 0 unspecified atom stereocenters. The summed E-state index contributed by atoms with van der Waals surface area (Å²) in [6.45, 7) is 0.626. The first-order valence-electron chi connectivity index (χ1n) is 5.97. The lowest BCUT2D eigenvalue weighted by Gasteiger charge is -2.07. The van der Waals surface area contributed by atoms with Gasteiger partial charge >= 0.3 is 0 Å². The maximum absolute atomic E-state index is 6.00. The van der Waals surface area contributed by atoms with Crippen LogP contribution in [-0.2, 0) is 13.6 Å². The number of nitrogens with zero attached hydrogens (tertiary/aromatic N) is 4. The zero-order valence-corrected chi connectivity index (χ0v) is 10.9. The Kier molecular flexibility index (Phi) is 2.91. The summed E-state index contributed by atoms with van der Waals surface area (Å²) < 4.78 is 1.97. The summed E-state index contributed by atoms with van der Waals surface area (Å²) in [5.74, 6) is 3.07. The Hall–Kier alpha value is -1.62. The molecule has 0 radical (unpaired) electrons. The third kappa shape index (κ3) is 2.46. The van der Waals surface area contributed by atoms with Crippen molar-refractivity contribution >= 4 is 17.4 Å². The van der Waals surface area contributed by atoms with Gasteiger partial charge in [0.2, 0.25) is 0 Å². The molecular formula is C12H14ClN5. The molecule has 0 spiro atoms. The van der Waals surface area contributed by atoms with E-state index in [1.807, 2.05) is 17.8 Å². The highest BCUT2D eigenvalue weighted by Gasteiger charge is 2.27. The number of anilines is 1. The summed E-state index contributed by atoms with van der Waals surface area (Å²) in [4.78, 5) is 13.0. The fourth-order valence-corrected chi connectivity index (χ4v) is 1.98. The average Bonchev–Trinajstić information content (AvgIpc) is 3.11. The van der Waals surface area contributed by atoms with Crippen LogP contribution in [0.3, 0.4) is 0 Å². The topological polar surface area (TPSA) is 55.6 Å². The smallest absolute Gasteiger partial charge is 0.135 e. The maximum Gasteiger partial charge on any atom is 0.135 e. The molecule has 5 nitrogen and oxygen atoms in total. The molecule has 0 atom stereocenters. The monoisotopic (exact) mass is 263 g/mol. The molecule has 2 aromatic rings. The van der Waals surface area contributed by atoms with Crippen molar-refractivity contribution in [3.63, 3.8) is 0 Å². The summed E-state index contributed by atoms with van der Waals surface area (Å²) in [5.41, 5.74) is 0. The quantitative estimate of drug-likeness (QED) is 0.861. The Labute approximate surface area is 110 Å². The third-order valence-electron chi connectivity index (χ3n) is 3.00. The molecule has 0 amide bonds. The second-order valence-electron chi connectivity index (χ2n) is 4.52. The normalized spacial score (nSPS) is 14.8. The maximum atomic E-state index is 6.00. The van der Waals surface area contributed by atoms with Crippen LogP contribution in [0.4, 0.5) is 5.82 Å². The third-order valence-corrected chi connectivity index (χ3v) is 3.20. The van der Waals surface area contributed by atoms with Crippen molar-refractivity contribution < 1.29 is 0 Å². The van der Waals surface area contributed by atoms with Crippen molar-refractivity contribution in [2.45, 2.75) is 25.3 Å². The van der Waals surface area contributed by atoms with E-state index in [1.54, 1.807) is 12.3 Å². The number of aryl methyl sites for hydroxylation is 1. The van der Waals surface area contributed by atoms with Gasteiger partial charge in [-0.2, -0.15) is 0 Å². The molecule has 1 aliphatic rings. The lowest BCUT2D eigenvalue weighted by molar-refractivity contribution is 0.808. The van der Waals surface area contributed by atoms with E-state index in [-0.39, 0.29) is 0 Å². The summed E-state index contributed by atoms with van der Waals surface area (Å²) in [5, 5.41) is 3.73. The van der Waals surface area contributed by atoms with Crippen LogP contribution in [-0.4, -0.2) is 19.5 Å². The first-order chi connectivity index (χ1) is 8.72. The number of hydrogen-bond donors (Lipinski definition) is 1. The molecular weight excluding hydrogens is 250 g/mol. The fourth-order valence-electron chi connectivity index (χ4n) is 1.79. The molecule has 94 valence electrons. The second-order valence-corrected chi connectivity index (χ2v) is 4.90. The number of rotatable bonds is 4. The van der Waals surface area contributed by atoms with Gasteiger partial charge in [0.25, 0.3) is 0 Å². The number of aromatic nitrogens is 4. The number of imidazole rings is 1. The lowest BCUT2D eigenvalue weighted by Crippen LogP contribution is -2.08. The van der Waals surface area contributed by atoms with E-state index in [1.165, 1.54) is 12.8 Å². The van der Waals surface area contributed by atoms with Crippen LogP contribution in [0.25, 0.3) is 0 Å². The fraction of sp³-hybridized carbons (Fsp3) is 0.417. The van der Waals surface area contributed by atoms with Gasteiger partial charge in [0, 0.05) is 31.4 Å². The first-order valence-corrected chi connectivity index (χ1v) is 6.35. The summed E-state index contributed by atoms with van der Waals surface area (Å²) >= 11 is 6.00. The molecule has 0 aliphatic heterocycles. The Bertz CT molecular complexity index is 561. The van der Waals surface area contributed by atoms with Crippen molar-refractivity contribution in [3.8, 4) is 0 Å². The summed E-state index contributed by atoms with van der Waals surface area (Å²) in [6.07, 6.45) is 6.03. The molecule has 1 fully saturated rings. The number of nitrogens with one attached hydrogen (secondary N) is 1. The van der Waals surface area contributed by atoms with Crippen LogP contribution >= 0.6 is 11.6 Å². The van der Waals surface area contributed by atoms with Crippen molar-refractivity contribution in [1.82, 2.24) is 19.5 Å². The highest BCUT2D eigenvalue weighted by atomic mass is 35.5. The number of hydrogen-bond acceptors (Lipinski definition) is 4. The van der Waals surface area contributed by atoms with Gasteiger partial charge in [-0.15, -0.1) is 0 Å². The van der Waals surface area contributed by atoms with Crippen LogP contribution in [0, 0.1) is 0 Å². The molecule has 0 bridgehead atoms. The molecule has 6 heteroatoms. The minimum absolute atomic E-state index is 0.495. The van der Waals surface area contributed by atoms with Gasteiger partial charge in [-0.05, 0) is 12.8 Å². The molecule has 3 rings (SSSR count). The summed E-state index contributed by atoms with van der Waals surface area (Å²) in [6, 6.07) is 1.75. The molecule has 2 heterocycles. The van der Waals surface area contributed by atoms with Crippen LogP contribution in [0.1, 0.15) is 30.4 Å². The van der Waals surface area contributed by atoms with Gasteiger partial charge < -0.3 is 9.88 Å². The van der Waals surface area contributed by atoms with Crippen molar-refractivity contribution in [2.75, 3.05) is 5.32 Å². The van der Waals surface area contributed by atoms with Crippen molar-refractivity contribution in [1.29, 1.82) is 0 Å². The van der Waals surface area contributed by atoms with E-state index in [0.29, 0.717) is 17.6 Å². The molecule has 1 saturated carbocycles. The highest BCUT2D eigenvalue weighted by molar-refractivity contribution is 6.29. The number of halogens is 1. The average molecular weight is 264 g/mol. The van der Waals surface area contributed by atoms with E-state index in [4.69, 9.17) is 11.6 Å². The molecule has 1 N–H and O–H groups in total.